The maximum absolute atomic E-state index is 8.90. The molecule has 0 saturated heterocycles. The molecule has 4 heteroatoms. The molecule has 1 aliphatic rings. The molecule has 0 amide bonds. The Balaban J connectivity index is 1.70. The molecule has 21 heavy (non-hydrogen) atoms. The van der Waals surface area contributed by atoms with Crippen molar-refractivity contribution in [2.45, 2.75) is 19.4 Å². The van der Waals surface area contributed by atoms with Gasteiger partial charge in [-0.1, -0.05) is 23.7 Å². The summed E-state index contributed by atoms with van der Waals surface area (Å²) >= 11 is 6.13. The quantitative estimate of drug-likeness (QED) is 0.920. The summed E-state index contributed by atoms with van der Waals surface area (Å²) in [6.45, 7) is 1.30. The summed E-state index contributed by atoms with van der Waals surface area (Å²) in [6.07, 6.45) is 1.56. The van der Waals surface area contributed by atoms with E-state index in [9.17, 15) is 0 Å². The zero-order chi connectivity index (χ0) is 14.7. The van der Waals surface area contributed by atoms with Crippen LogP contribution in [-0.4, -0.2) is 18.3 Å². The van der Waals surface area contributed by atoms with Gasteiger partial charge in [0.1, 0.15) is 18.1 Å². The van der Waals surface area contributed by atoms with Gasteiger partial charge in [-0.25, -0.2) is 0 Å². The van der Waals surface area contributed by atoms with Crippen LogP contribution >= 0.6 is 11.6 Å². The van der Waals surface area contributed by atoms with Crippen molar-refractivity contribution in [3.05, 3.63) is 58.1 Å². The molecule has 0 aliphatic carbocycles. The van der Waals surface area contributed by atoms with Crippen molar-refractivity contribution >= 4 is 11.6 Å². The molecule has 0 saturated carbocycles. The van der Waals surface area contributed by atoms with Gasteiger partial charge in [-0.3, -0.25) is 0 Å². The number of ether oxygens (including phenoxy) is 2. The minimum atomic E-state index is 0.159. The molecule has 1 heterocycles. The summed E-state index contributed by atoms with van der Waals surface area (Å²) < 4.78 is 11.5. The van der Waals surface area contributed by atoms with Crippen LogP contribution in [0.4, 0.5) is 0 Å². The van der Waals surface area contributed by atoms with Crippen molar-refractivity contribution in [2.24, 2.45) is 0 Å². The molecular formula is C17H17ClO3. The molecule has 0 aromatic heterocycles. The molecule has 0 atom stereocenters. The maximum Gasteiger partial charge on any atom is 0.129 e. The van der Waals surface area contributed by atoms with Gasteiger partial charge in [-0.05, 0) is 41.8 Å². The van der Waals surface area contributed by atoms with Crippen molar-refractivity contribution in [3.8, 4) is 11.5 Å². The number of hydrogen-bond donors (Lipinski definition) is 1. The minimum absolute atomic E-state index is 0.159. The lowest BCUT2D eigenvalue weighted by molar-refractivity contribution is 0.291. The van der Waals surface area contributed by atoms with Gasteiger partial charge in [0, 0.05) is 23.6 Å². The van der Waals surface area contributed by atoms with Crippen LogP contribution in [0.25, 0.3) is 0 Å². The molecule has 3 nitrogen and oxygen atoms in total. The molecule has 0 radical (unpaired) electrons. The summed E-state index contributed by atoms with van der Waals surface area (Å²) in [5, 5.41) is 9.62. The first-order chi connectivity index (χ1) is 10.3. The SMILES string of the molecule is OCCc1ccc(OCc2cc(Cl)cc3c2OCC3)cc1. The lowest BCUT2D eigenvalue weighted by Crippen LogP contribution is -1.99. The number of aliphatic hydroxyl groups excluding tert-OH is 1. The van der Waals surface area contributed by atoms with Gasteiger partial charge in [-0.2, -0.15) is 0 Å². The molecule has 3 rings (SSSR count). The molecule has 2 aromatic carbocycles. The molecule has 1 N–H and O–H groups in total. The Labute approximate surface area is 129 Å². The highest BCUT2D eigenvalue weighted by molar-refractivity contribution is 6.30. The molecule has 0 unspecified atom stereocenters. The van der Waals surface area contributed by atoms with Crippen LogP contribution in [-0.2, 0) is 19.4 Å². The highest BCUT2D eigenvalue weighted by Gasteiger charge is 2.17. The monoisotopic (exact) mass is 304 g/mol. The highest BCUT2D eigenvalue weighted by atomic mass is 35.5. The van der Waals surface area contributed by atoms with Gasteiger partial charge < -0.3 is 14.6 Å². The van der Waals surface area contributed by atoms with Crippen molar-refractivity contribution in [1.29, 1.82) is 0 Å². The zero-order valence-electron chi connectivity index (χ0n) is 11.6. The molecule has 0 spiro atoms. The van der Waals surface area contributed by atoms with Crippen LogP contribution in [0, 0.1) is 0 Å². The lowest BCUT2D eigenvalue weighted by Gasteiger charge is -2.11. The Hall–Kier alpha value is -1.71. The number of halogens is 1. The predicted molar refractivity (Wildman–Crippen MR) is 82.2 cm³/mol. The fraction of sp³-hybridized carbons (Fsp3) is 0.294. The Kier molecular flexibility index (Phi) is 4.32. The van der Waals surface area contributed by atoms with Crippen LogP contribution in [0.2, 0.25) is 5.02 Å². The topological polar surface area (TPSA) is 38.7 Å². The number of hydrogen-bond acceptors (Lipinski definition) is 3. The van der Waals surface area contributed by atoms with Crippen molar-refractivity contribution in [1.82, 2.24) is 0 Å². The van der Waals surface area contributed by atoms with Crippen LogP contribution in [0.1, 0.15) is 16.7 Å². The lowest BCUT2D eigenvalue weighted by atomic mass is 10.1. The van der Waals surface area contributed by atoms with E-state index in [2.05, 4.69) is 0 Å². The fourth-order valence-corrected chi connectivity index (χ4v) is 2.76. The number of fused-ring (bicyclic) bond motifs is 1. The van der Waals surface area contributed by atoms with Crippen LogP contribution in [0.5, 0.6) is 11.5 Å². The van der Waals surface area contributed by atoms with Gasteiger partial charge in [0.05, 0.1) is 6.61 Å². The van der Waals surface area contributed by atoms with E-state index in [1.165, 1.54) is 0 Å². The second kappa shape index (κ2) is 6.37. The fourth-order valence-electron chi connectivity index (χ4n) is 2.50. The van der Waals surface area contributed by atoms with Crippen molar-refractivity contribution in [3.63, 3.8) is 0 Å². The molecule has 2 aromatic rings. The molecule has 0 fully saturated rings. The van der Waals surface area contributed by atoms with E-state index >= 15 is 0 Å². The molecule has 1 aliphatic heterocycles. The summed E-state index contributed by atoms with van der Waals surface area (Å²) in [4.78, 5) is 0. The Bertz CT molecular complexity index is 623. The first-order valence-corrected chi connectivity index (χ1v) is 7.41. The van der Waals surface area contributed by atoms with Crippen molar-refractivity contribution in [2.75, 3.05) is 13.2 Å². The zero-order valence-corrected chi connectivity index (χ0v) is 12.4. The maximum atomic E-state index is 8.90. The second-order valence-electron chi connectivity index (χ2n) is 5.06. The number of rotatable bonds is 5. The third-order valence-electron chi connectivity index (χ3n) is 3.54. The largest absolute Gasteiger partial charge is 0.493 e. The van der Waals surface area contributed by atoms with Crippen molar-refractivity contribution < 1.29 is 14.6 Å². The first kappa shape index (κ1) is 14.2. The summed E-state index contributed by atoms with van der Waals surface area (Å²) in [7, 11) is 0. The van der Waals surface area contributed by atoms with E-state index in [1.807, 2.05) is 36.4 Å². The Morgan fingerprint density at radius 2 is 2.00 bits per heavy atom. The molecular weight excluding hydrogens is 288 g/mol. The minimum Gasteiger partial charge on any atom is -0.493 e. The van der Waals surface area contributed by atoms with E-state index in [-0.39, 0.29) is 6.61 Å². The number of aliphatic hydroxyl groups is 1. The third-order valence-corrected chi connectivity index (χ3v) is 3.76. The van der Waals surface area contributed by atoms with Crippen LogP contribution < -0.4 is 9.47 Å². The van der Waals surface area contributed by atoms with Gasteiger partial charge in [0.25, 0.3) is 0 Å². The van der Waals surface area contributed by atoms with Gasteiger partial charge in [0.2, 0.25) is 0 Å². The van der Waals surface area contributed by atoms with E-state index < -0.39 is 0 Å². The average Bonchev–Trinajstić information content (AvgIpc) is 2.94. The smallest absolute Gasteiger partial charge is 0.129 e. The van der Waals surface area contributed by atoms with E-state index in [1.54, 1.807) is 0 Å². The molecule has 0 bridgehead atoms. The van der Waals surface area contributed by atoms with Gasteiger partial charge in [0.15, 0.2) is 0 Å². The normalized spacial score (nSPS) is 12.9. The van der Waals surface area contributed by atoms with Crippen LogP contribution in [0.15, 0.2) is 36.4 Å². The van der Waals surface area contributed by atoms with E-state index in [4.69, 9.17) is 26.2 Å². The Morgan fingerprint density at radius 3 is 2.76 bits per heavy atom. The predicted octanol–water partition coefficient (Wildman–Crippen LogP) is 3.39. The summed E-state index contributed by atoms with van der Waals surface area (Å²) in [5.41, 5.74) is 3.23. The standard InChI is InChI=1S/C17H17ClO3/c18-15-9-13-6-8-20-17(13)14(10-15)11-21-16-3-1-12(2-4-16)5-7-19/h1-4,9-10,19H,5-8,11H2. The summed E-state index contributed by atoms with van der Waals surface area (Å²) in [5.74, 6) is 1.71. The third kappa shape index (κ3) is 3.31. The first-order valence-electron chi connectivity index (χ1n) is 7.03. The summed E-state index contributed by atoms with van der Waals surface area (Å²) in [6, 6.07) is 11.6. The Morgan fingerprint density at radius 1 is 1.19 bits per heavy atom. The van der Waals surface area contributed by atoms with E-state index in [0.29, 0.717) is 19.6 Å². The molecule has 110 valence electrons. The average molecular weight is 305 g/mol. The van der Waals surface area contributed by atoms with Crippen LogP contribution in [0.3, 0.4) is 0 Å². The second-order valence-corrected chi connectivity index (χ2v) is 5.49. The van der Waals surface area contributed by atoms with Gasteiger partial charge in [-0.15, -0.1) is 0 Å². The highest BCUT2D eigenvalue weighted by Crippen LogP contribution is 2.33. The number of benzene rings is 2. The van der Waals surface area contributed by atoms with E-state index in [0.717, 1.165) is 39.6 Å². The van der Waals surface area contributed by atoms with Gasteiger partial charge >= 0.3 is 0 Å².